The molecular weight excluding hydrogens is 497 g/mol. The Kier molecular flexibility index (Phi) is 8.43. The fourth-order valence-electron chi connectivity index (χ4n) is 3.04. The molecule has 148 valence electrons. The molecule has 1 atom stereocenters. The van der Waals surface area contributed by atoms with E-state index in [2.05, 4.69) is 32.4 Å². The lowest BCUT2D eigenvalue weighted by Crippen LogP contribution is -2.44. The van der Waals surface area contributed by atoms with Crippen molar-refractivity contribution in [3.05, 3.63) is 39.3 Å². The SMILES string of the molecule is CN=C(NCc1ncc(C)s1)NC1CCN(c2cc(Cl)ccc2OC)C1.I. The van der Waals surface area contributed by atoms with Crippen LogP contribution in [0.25, 0.3) is 0 Å². The van der Waals surface area contributed by atoms with Crippen LogP contribution in [0.3, 0.4) is 0 Å². The van der Waals surface area contributed by atoms with Crippen LogP contribution >= 0.6 is 46.9 Å². The molecule has 0 spiro atoms. The number of benzene rings is 1. The van der Waals surface area contributed by atoms with Crippen LogP contribution in [0.1, 0.15) is 16.3 Å². The molecule has 0 saturated carbocycles. The van der Waals surface area contributed by atoms with Crippen molar-refractivity contribution in [2.75, 3.05) is 32.1 Å². The minimum absolute atomic E-state index is 0. The van der Waals surface area contributed by atoms with E-state index >= 15 is 0 Å². The van der Waals surface area contributed by atoms with Crippen molar-refractivity contribution in [3.8, 4) is 5.75 Å². The van der Waals surface area contributed by atoms with Crippen molar-refractivity contribution in [3.63, 3.8) is 0 Å². The second-order valence-electron chi connectivity index (χ2n) is 6.18. The van der Waals surface area contributed by atoms with E-state index in [1.54, 1.807) is 25.5 Å². The van der Waals surface area contributed by atoms with Crippen LogP contribution in [-0.2, 0) is 6.54 Å². The van der Waals surface area contributed by atoms with Gasteiger partial charge in [-0.25, -0.2) is 4.98 Å². The van der Waals surface area contributed by atoms with Crippen LogP contribution in [0, 0.1) is 6.92 Å². The zero-order chi connectivity index (χ0) is 18.5. The molecule has 1 aromatic heterocycles. The second-order valence-corrected chi connectivity index (χ2v) is 7.94. The van der Waals surface area contributed by atoms with Crippen LogP contribution in [-0.4, -0.2) is 44.2 Å². The summed E-state index contributed by atoms with van der Waals surface area (Å²) in [5.74, 6) is 1.64. The largest absolute Gasteiger partial charge is 0.495 e. The van der Waals surface area contributed by atoms with Crippen molar-refractivity contribution in [2.45, 2.75) is 25.9 Å². The van der Waals surface area contributed by atoms with Gasteiger partial charge < -0.3 is 20.3 Å². The van der Waals surface area contributed by atoms with Gasteiger partial charge in [0.2, 0.25) is 0 Å². The van der Waals surface area contributed by atoms with Gasteiger partial charge in [-0.15, -0.1) is 35.3 Å². The molecule has 0 bridgehead atoms. The standard InChI is InChI=1S/C18H24ClN5OS.HI/c1-12-9-21-17(26-12)10-22-18(20-2)23-14-6-7-24(11-14)15-8-13(19)4-5-16(15)25-3;/h4-5,8-9,14H,6-7,10-11H2,1-3H3,(H2,20,22,23);1H. The summed E-state index contributed by atoms with van der Waals surface area (Å²) in [5.41, 5.74) is 1.03. The molecule has 1 aliphatic rings. The number of halogens is 2. The van der Waals surface area contributed by atoms with E-state index in [1.165, 1.54) is 4.88 Å². The molecule has 0 aliphatic carbocycles. The lowest BCUT2D eigenvalue weighted by molar-refractivity contribution is 0.415. The number of aryl methyl sites for hydroxylation is 1. The average Bonchev–Trinajstić information content (AvgIpc) is 3.27. The summed E-state index contributed by atoms with van der Waals surface area (Å²) in [5, 5.41) is 8.60. The van der Waals surface area contributed by atoms with Crippen LogP contribution in [0.15, 0.2) is 29.4 Å². The van der Waals surface area contributed by atoms with Crippen molar-refractivity contribution in [2.24, 2.45) is 4.99 Å². The molecule has 6 nitrogen and oxygen atoms in total. The van der Waals surface area contributed by atoms with Crippen molar-refractivity contribution < 1.29 is 4.74 Å². The van der Waals surface area contributed by atoms with Gasteiger partial charge in [0.15, 0.2) is 5.96 Å². The number of ether oxygens (including phenoxy) is 1. The maximum absolute atomic E-state index is 6.16. The fourth-order valence-corrected chi connectivity index (χ4v) is 3.93. The zero-order valence-electron chi connectivity index (χ0n) is 15.7. The van der Waals surface area contributed by atoms with E-state index < -0.39 is 0 Å². The summed E-state index contributed by atoms with van der Waals surface area (Å²) in [6.45, 7) is 4.55. The van der Waals surface area contributed by atoms with E-state index in [1.807, 2.05) is 24.4 Å². The van der Waals surface area contributed by atoms with E-state index in [4.69, 9.17) is 16.3 Å². The van der Waals surface area contributed by atoms with Gasteiger partial charge in [-0.2, -0.15) is 0 Å². The van der Waals surface area contributed by atoms with Crippen molar-refractivity contribution in [1.82, 2.24) is 15.6 Å². The Labute approximate surface area is 186 Å². The lowest BCUT2D eigenvalue weighted by Gasteiger charge is -2.22. The number of nitrogens with zero attached hydrogens (tertiary/aromatic N) is 3. The molecule has 27 heavy (non-hydrogen) atoms. The molecular formula is C18H25ClIN5OS. The Morgan fingerprint density at radius 1 is 1.48 bits per heavy atom. The molecule has 0 amide bonds. The van der Waals surface area contributed by atoms with Crippen LogP contribution in [0.4, 0.5) is 5.69 Å². The quantitative estimate of drug-likeness (QED) is 0.357. The van der Waals surface area contributed by atoms with Crippen LogP contribution in [0.5, 0.6) is 5.75 Å². The Morgan fingerprint density at radius 3 is 2.96 bits per heavy atom. The first-order chi connectivity index (χ1) is 12.6. The first kappa shape index (κ1) is 22.0. The summed E-state index contributed by atoms with van der Waals surface area (Å²) in [6.07, 6.45) is 2.91. The predicted molar refractivity (Wildman–Crippen MR) is 124 cm³/mol. The number of guanidine groups is 1. The number of aromatic nitrogens is 1. The van der Waals surface area contributed by atoms with E-state index in [-0.39, 0.29) is 24.0 Å². The highest BCUT2D eigenvalue weighted by Gasteiger charge is 2.25. The van der Waals surface area contributed by atoms with Crippen molar-refractivity contribution in [1.29, 1.82) is 0 Å². The second kappa shape index (κ2) is 10.3. The number of anilines is 1. The first-order valence-electron chi connectivity index (χ1n) is 8.56. The molecule has 1 aromatic carbocycles. The number of aliphatic imine (C=N–C) groups is 1. The van der Waals surface area contributed by atoms with Gasteiger partial charge in [0.25, 0.3) is 0 Å². The monoisotopic (exact) mass is 521 g/mol. The molecule has 2 heterocycles. The molecule has 3 rings (SSSR count). The number of rotatable bonds is 5. The summed E-state index contributed by atoms with van der Waals surface area (Å²) in [6, 6.07) is 6.03. The topological polar surface area (TPSA) is 61.8 Å². The molecule has 2 N–H and O–H groups in total. The average molecular weight is 522 g/mol. The van der Waals surface area contributed by atoms with E-state index in [0.717, 1.165) is 41.9 Å². The van der Waals surface area contributed by atoms with E-state index in [0.29, 0.717) is 17.6 Å². The third-order valence-corrected chi connectivity index (χ3v) is 5.46. The summed E-state index contributed by atoms with van der Waals surface area (Å²) in [7, 11) is 3.47. The Hall–Kier alpha value is -1.26. The van der Waals surface area contributed by atoms with Gasteiger partial charge in [0, 0.05) is 42.3 Å². The van der Waals surface area contributed by atoms with Gasteiger partial charge in [-0.1, -0.05) is 11.6 Å². The highest BCUT2D eigenvalue weighted by atomic mass is 127. The number of nitrogens with one attached hydrogen (secondary N) is 2. The summed E-state index contributed by atoms with van der Waals surface area (Å²) < 4.78 is 5.48. The van der Waals surface area contributed by atoms with Crippen LogP contribution < -0.4 is 20.3 Å². The summed E-state index contributed by atoms with van der Waals surface area (Å²) in [4.78, 5) is 12.2. The molecule has 9 heteroatoms. The molecule has 1 unspecified atom stereocenters. The third-order valence-electron chi connectivity index (χ3n) is 4.31. The minimum Gasteiger partial charge on any atom is -0.495 e. The highest BCUT2D eigenvalue weighted by molar-refractivity contribution is 14.0. The number of hydrogen-bond acceptors (Lipinski definition) is 5. The molecule has 0 radical (unpaired) electrons. The maximum atomic E-state index is 6.16. The van der Waals surface area contributed by atoms with Gasteiger partial charge in [-0.05, 0) is 31.5 Å². The van der Waals surface area contributed by atoms with Crippen molar-refractivity contribution >= 4 is 58.6 Å². The first-order valence-corrected chi connectivity index (χ1v) is 9.75. The van der Waals surface area contributed by atoms with E-state index in [9.17, 15) is 0 Å². The third kappa shape index (κ3) is 5.86. The number of thiazole rings is 1. The van der Waals surface area contributed by atoms with Gasteiger partial charge >= 0.3 is 0 Å². The number of hydrogen-bond donors (Lipinski definition) is 2. The van der Waals surface area contributed by atoms with Gasteiger partial charge in [-0.3, -0.25) is 4.99 Å². The summed E-state index contributed by atoms with van der Waals surface area (Å²) >= 11 is 7.86. The maximum Gasteiger partial charge on any atom is 0.191 e. The molecule has 1 saturated heterocycles. The zero-order valence-corrected chi connectivity index (χ0v) is 19.6. The van der Waals surface area contributed by atoms with Crippen LogP contribution in [0.2, 0.25) is 5.02 Å². The highest BCUT2D eigenvalue weighted by Crippen LogP contribution is 2.33. The fraction of sp³-hybridized carbons (Fsp3) is 0.444. The number of methoxy groups -OCH3 is 1. The predicted octanol–water partition coefficient (Wildman–Crippen LogP) is 3.68. The Balaban J connectivity index is 0.00000261. The Morgan fingerprint density at radius 2 is 2.30 bits per heavy atom. The smallest absolute Gasteiger partial charge is 0.191 e. The molecule has 2 aromatic rings. The normalized spacial score (nSPS) is 16.8. The lowest BCUT2D eigenvalue weighted by atomic mass is 10.2. The Bertz CT molecular complexity index is 785. The van der Waals surface area contributed by atoms with Gasteiger partial charge in [0.1, 0.15) is 10.8 Å². The minimum atomic E-state index is 0. The van der Waals surface area contributed by atoms with Gasteiger partial charge in [0.05, 0.1) is 19.3 Å². The molecule has 1 aliphatic heterocycles. The molecule has 1 fully saturated rings.